The molecule has 1 aromatic heterocycles. The van der Waals surface area contributed by atoms with Gasteiger partial charge in [-0.15, -0.1) is 0 Å². The number of fused-ring (bicyclic) bond motifs is 1. The molecule has 1 aromatic carbocycles. The highest BCUT2D eigenvalue weighted by molar-refractivity contribution is 6.38. The molecule has 0 amide bonds. The van der Waals surface area contributed by atoms with Gasteiger partial charge in [-0.25, -0.2) is 13.6 Å². The maximum absolute atomic E-state index is 15.0. The van der Waals surface area contributed by atoms with Gasteiger partial charge < -0.3 is 20.3 Å². The minimum Gasteiger partial charge on any atom is -0.477 e. The molecule has 9 heteroatoms. The summed E-state index contributed by atoms with van der Waals surface area (Å²) in [6.07, 6.45) is 2.11. The number of alkyl halides is 1. The summed E-state index contributed by atoms with van der Waals surface area (Å²) in [5.41, 5.74) is 5.15. The van der Waals surface area contributed by atoms with Crippen LogP contribution in [0, 0.1) is 11.2 Å². The number of hydrogen-bond donors (Lipinski definition) is 2. The standard InChI is InChI=1S/C19H18ClF2N3O3/c20-14-15-8(17(26)9(18(27)28)5-25(15)12-4-10(12)21)3-11(22)16(14)24-6-13(23)19(7-24)1-2-19/h3,5,10,12-13H,1-2,4,6-7,23H2,(H,27,28)/t10-,12-,13-/m1/s1. The molecule has 6 nitrogen and oxygen atoms in total. The van der Waals surface area contributed by atoms with Crippen molar-refractivity contribution < 1.29 is 18.7 Å². The van der Waals surface area contributed by atoms with Crippen LogP contribution in [0.25, 0.3) is 10.9 Å². The van der Waals surface area contributed by atoms with Crippen molar-refractivity contribution in [2.75, 3.05) is 18.0 Å². The van der Waals surface area contributed by atoms with E-state index in [2.05, 4.69) is 0 Å². The molecule has 1 saturated heterocycles. The van der Waals surface area contributed by atoms with Gasteiger partial charge in [0.1, 0.15) is 17.6 Å². The molecule has 2 aromatic rings. The van der Waals surface area contributed by atoms with Crippen LogP contribution in [0.5, 0.6) is 0 Å². The van der Waals surface area contributed by atoms with E-state index in [0.29, 0.717) is 13.1 Å². The zero-order chi connectivity index (χ0) is 20.0. The van der Waals surface area contributed by atoms with Crippen LogP contribution >= 0.6 is 11.6 Å². The lowest BCUT2D eigenvalue weighted by Gasteiger charge is -2.23. The summed E-state index contributed by atoms with van der Waals surface area (Å²) in [5.74, 6) is -2.15. The van der Waals surface area contributed by atoms with Crippen molar-refractivity contribution in [2.24, 2.45) is 11.1 Å². The molecule has 148 valence electrons. The van der Waals surface area contributed by atoms with Crippen molar-refractivity contribution in [3.8, 4) is 0 Å². The molecule has 0 radical (unpaired) electrons. The number of carboxylic acid groups (broad SMARTS) is 1. The lowest BCUT2D eigenvalue weighted by Crippen LogP contribution is -2.30. The monoisotopic (exact) mass is 409 g/mol. The SMILES string of the molecule is N[C@@H]1CN(c2c(F)cc3c(=O)c(C(=O)O)cn([C@@H]4C[C@H]4F)c3c2Cl)CC12CC2. The zero-order valence-corrected chi connectivity index (χ0v) is 15.5. The number of hydrogen-bond acceptors (Lipinski definition) is 4. The highest BCUT2D eigenvalue weighted by Crippen LogP contribution is 2.54. The van der Waals surface area contributed by atoms with E-state index in [-0.39, 0.29) is 39.5 Å². The average Bonchev–Trinajstić information content (AvgIpc) is 3.51. The predicted octanol–water partition coefficient (Wildman–Crippen LogP) is 2.70. The molecular weight excluding hydrogens is 392 g/mol. The highest BCUT2D eigenvalue weighted by atomic mass is 35.5. The first kappa shape index (κ1) is 17.9. The van der Waals surface area contributed by atoms with Crippen LogP contribution in [-0.4, -0.2) is 40.9 Å². The molecule has 2 heterocycles. The Morgan fingerprint density at radius 2 is 2.07 bits per heavy atom. The van der Waals surface area contributed by atoms with Crippen LogP contribution in [0.4, 0.5) is 14.5 Å². The molecule has 3 N–H and O–H groups in total. The lowest BCUT2D eigenvalue weighted by molar-refractivity contribution is 0.0694. The van der Waals surface area contributed by atoms with Gasteiger partial charge in [0.25, 0.3) is 0 Å². The minimum absolute atomic E-state index is 0.00645. The van der Waals surface area contributed by atoms with E-state index in [1.165, 1.54) is 4.57 Å². The number of nitrogens with zero attached hydrogens (tertiary/aromatic N) is 2. The average molecular weight is 410 g/mol. The molecule has 28 heavy (non-hydrogen) atoms. The quantitative estimate of drug-likeness (QED) is 0.813. The van der Waals surface area contributed by atoms with E-state index in [1.54, 1.807) is 4.90 Å². The number of aromatic nitrogens is 1. The lowest BCUT2D eigenvalue weighted by atomic mass is 10.0. The first-order chi connectivity index (χ1) is 13.2. The molecule has 3 atom stereocenters. The van der Waals surface area contributed by atoms with Gasteiger partial charge in [0.15, 0.2) is 0 Å². The second-order valence-electron chi connectivity index (χ2n) is 8.17. The van der Waals surface area contributed by atoms with Crippen molar-refractivity contribution in [2.45, 2.75) is 37.5 Å². The molecule has 0 unspecified atom stereocenters. The van der Waals surface area contributed by atoms with Gasteiger partial charge in [-0.1, -0.05) is 11.6 Å². The van der Waals surface area contributed by atoms with Gasteiger partial charge >= 0.3 is 5.97 Å². The largest absolute Gasteiger partial charge is 0.477 e. The third-order valence-corrected chi connectivity index (χ3v) is 6.73. The summed E-state index contributed by atoms with van der Waals surface area (Å²) in [6, 6.07) is 0.308. The number of rotatable bonds is 3. The first-order valence-corrected chi connectivity index (χ1v) is 9.56. The van der Waals surface area contributed by atoms with E-state index in [1.807, 2.05) is 0 Å². The summed E-state index contributed by atoms with van der Waals surface area (Å²) in [5, 5.41) is 9.16. The fourth-order valence-corrected chi connectivity index (χ4v) is 4.84. The number of aromatic carboxylic acids is 1. The van der Waals surface area contributed by atoms with Gasteiger partial charge in [-0.3, -0.25) is 4.79 Å². The molecular formula is C19H18ClF2N3O3. The summed E-state index contributed by atoms with van der Waals surface area (Å²) in [6.45, 7) is 1.01. The molecule has 1 aliphatic heterocycles. The van der Waals surface area contributed by atoms with Gasteiger partial charge in [0.05, 0.1) is 27.7 Å². The van der Waals surface area contributed by atoms with Crippen molar-refractivity contribution in [1.82, 2.24) is 4.57 Å². The third kappa shape index (κ3) is 2.40. The Morgan fingerprint density at radius 3 is 2.61 bits per heavy atom. The van der Waals surface area contributed by atoms with Gasteiger partial charge in [0, 0.05) is 37.2 Å². The fourth-order valence-electron chi connectivity index (χ4n) is 4.43. The second kappa shape index (κ2) is 5.67. The number of nitrogens with two attached hydrogens (primary N) is 1. The summed E-state index contributed by atoms with van der Waals surface area (Å²) in [4.78, 5) is 25.8. The first-order valence-electron chi connectivity index (χ1n) is 9.18. The Bertz CT molecular complexity index is 1100. The summed E-state index contributed by atoms with van der Waals surface area (Å²) >= 11 is 6.56. The predicted molar refractivity (Wildman–Crippen MR) is 101 cm³/mol. The Balaban J connectivity index is 1.75. The number of carbonyl (C=O) groups is 1. The number of pyridine rings is 1. The van der Waals surface area contributed by atoms with Gasteiger partial charge in [-0.2, -0.15) is 0 Å². The summed E-state index contributed by atoms with van der Waals surface area (Å²) in [7, 11) is 0. The van der Waals surface area contributed by atoms with E-state index in [4.69, 9.17) is 17.3 Å². The van der Waals surface area contributed by atoms with Crippen LogP contribution in [0.2, 0.25) is 5.02 Å². The van der Waals surface area contributed by atoms with E-state index in [0.717, 1.165) is 25.1 Å². The zero-order valence-electron chi connectivity index (χ0n) is 14.8. The smallest absolute Gasteiger partial charge is 0.341 e. The fraction of sp³-hybridized carbons (Fsp3) is 0.474. The highest BCUT2D eigenvalue weighted by Gasteiger charge is 2.54. The molecule has 5 rings (SSSR count). The van der Waals surface area contributed by atoms with Crippen molar-refractivity contribution in [1.29, 1.82) is 0 Å². The molecule has 2 saturated carbocycles. The van der Waals surface area contributed by atoms with E-state index >= 15 is 4.39 Å². The number of halogens is 3. The maximum Gasteiger partial charge on any atom is 0.341 e. The Morgan fingerprint density at radius 1 is 1.39 bits per heavy atom. The van der Waals surface area contributed by atoms with Crippen molar-refractivity contribution in [3.63, 3.8) is 0 Å². The molecule has 1 spiro atoms. The Hall–Kier alpha value is -2.19. The van der Waals surface area contributed by atoms with Crippen LogP contribution in [0.1, 0.15) is 35.7 Å². The molecule has 3 aliphatic rings. The normalized spacial score (nSPS) is 27.6. The number of carboxylic acids is 1. The Labute approximate surface area is 163 Å². The van der Waals surface area contributed by atoms with E-state index < -0.39 is 35.0 Å². The van der Waals surface area contributed by atoms with Gasteiger partial charge in [-0.05, 0) is 18.9 Å². The topological polar surface area (TPSA) is 88.6 Å². The van der Waals surface area contributed by atoms with Crippen molar-refractivity contribution >= 4 is 34.2 Å². The number of benzene rings is 1. The third-order valence-electron chi connectivity index (χ3n) is 6.37. The molecule has 2 aliphatic carbocycles. The van der Waals surface area contributed by atoms with Crippen LogP contribution in [-0.2, 0) is 0 Å². The van der Waals surface area contributed by atoms with Gasteiger partial charge in [0.2, 0.25) is 5.43 Å². The summed E-state index contributed by atoms with van der Waals surface area (Å²) < 4.78 is 30.2. The Kier molecular flexibility index (Phi) is 3.62. The molecule has 3 fully saturated rings. The van der Waals surface area contributed by atoms with Crippen LogP contribution < -0.4 is 16.1 Å². The van der Waals surface area contributed by atoms with Crippen LogP contribution in [0.3, 0.4) is 0 Å². The van der Waals surface area contributed by atoms with Crippen LogP contribution in [0.15, 0.2) is 17.1 Å². The van der Waals surface area contributed by atoms with E-state index in [9.17, 15) is 19.1 Å². The molecule has 0 bridgehead atoms. The second-order valence-corrected chi connectivity index (χ2v) is 8.55. The maximum atomic E-state index is 15.0. The van der Waals surface area contributed by atoms with Crippen molar-refractivity contribution in [3.05, 3.63) is 38.9 Å². The number of anilines is 1. The minimum atomic E-state index is -1.45.